The molecule has 18 heavy (non-hydrogen) atoms. The van der Waals surface area contributed by atoms with Crippen LogP contribution in [0.2, 0.25) is 0 Å². The predicted octanol–water partition coefficient (Wildman–Crippen LogP) is 3.85. The van der Waals surface area contributed by atoms with Crippen LogP contribution in [-0.4, -0.2) is 16.1 Å². The van der Waals surface area contributed by atoms with Gasteiger partial charge < -0.3 is 5.32 Å². The predicted molar refractivity (Wildman–Crippen MR) is 79.4 cm³/mol. The summed E-state index contributed by atoms with van der Waals surface area (Å²) in [7, 11) is 0. The Labute approximate surface area is 116 Å². The minimum atomic E-state index is 0.700. The molecule has 0 spiro atoms. The van der Waals surface area contributed by atoms with Crippen molar-refractivity contribution in [3.05, 3.63) is 52.8 Å². The van der Waals surface area contributed by atoms with Crippen LogP contribution in [-0.2, 0) is 0 Å². The standard InChI is InChI=1S/C14H16BrN3/c1-4-7-16-14-17-11(3)9-18(14)13-6-5-12(15)8-10(13)2/h4-6,8-9H,1,7H2,2-3H3,(H,16,17). The molecule has 0 aliphatic heterocycles. The third-order valence-corrected chi connectivity index (χ3v) is 3.14. The number of aryl methyl sites for hydroxylation is 2. The summed E-state index contributed by atoms with van der Waals surface area (Å²) in [6.45, 7) is 8.49. The van der Waals surface area contributed by atoms with Gasteiger partial charge in [-0.25, -0.2) is 4.98 Å². The van der Waals surface area contributed by atoms with Gasteiger partial charge in [-0.1, -0.05) is 22.0 Å². The molecule has 0 saturated carbocycles. The van der Waals surface area contributed by atoms with Crippen molar-refractivity contribution in [3.63, 3.8) is 0 Å². The fraction of sp³-hybridized carbons (Fsp3) is 0.214. The average Bonchev–Trinajstić information content (AvgIpc) is 2.67. The van der Waals surface area contributed by atoms with E-state index >= 15 is 0 Å². The van der Waals surface area contributed by atoms with Gasteiger partial charge in [-0.15, -0.1) is 6.58 Å². The lowest BCUT2D eigenvalue weighted by Crippen LogP contribution is -2.06. The molecule has 1 N–H and O–H groups in total. The van der Waals surface area contributed by atoms with Crippen molar-refractivity contribution in [2.45, 2.75) is 13.8 Å². The Bertz CT molecular complexity index is 572. The Kier molecular flexibility index (Phi) is 3.87. The summed E-state index contributed by atoms with van der Waals surface area (Å²) in [4.78, 5) is 4.48. The van der Waals surface area contributed by atoms with Gasteiger partial charge in [0.15, 0.2) is 0 Å². The van der Waals surface area contributed by atoms with E-state index in [2.05, 4.69) is 56.4 Å². The van der Waals surface area contributed by atoms with Crippen LogP contribution in [0.15, 0.2) is 41.5 Å². The summed E-state index contributed by atoms with van der Waals surface area (Å²) in [6, 6.07) is 6.22. The molecule has 1 aromatic heterocycles. The highest BCUT2D eigenvalue weighted by molar-refractivity contribution is 9.10. The molecule has 1 heterocycles. The van der Waals surface area contributed by atoms with Crippen LogP contribution in [0, 0.1) is 13.8 Å². The Hall–Kier alpha value is -1.55. The Balaban J connectivity index is 2.45. The maximum absolute atomic E-state index is 4.48. The highest BCUT2D eigenvalue weighted by atomic mass is 79.9. The van der Waals surface area contributed by atoms with E-state index in [9.17, 15) is 0 Å². The van der Waals surface area contributed by atoms with Gasteiger partial charge in [0.1, 0.15) is 0 Å². The van der Waals surface area contributed by atoms with E-state index in [1.165, 1.54) is 5.56 Å². The second kappa shape index (κ2) is 5.40. The van der Waals surface area contributed by atoms with Crippen LogP contribution in [0.5, 0.6) is 0 Å². The van der Waals surface area contributed by atoms with Gasteiger partial charge in [0.05, 0.1) is 11.4 Å². The first-order chi connectivity index (χ1) is 8.61. The SMILES string of the molecule is C=CCNc1nc(C)cn1-c1ccc(Br)cc1C. The molecule has 0 aliphatic carbocycles. The fourth-order valence-corrected chi connectivity index (χ4v) is 2.33. The topological polar surface area (TPSA) is 29.9 Å². The van der Waals surface area contributed by atoms with Crippen molar-refractivity contribution >= 4 is 21.9 Å². The molecule has 94 valence electrons. The second-order valence-electron chi connectivity index (χ2n) is 4.18. The lowest BCUT2D eigenvalue weighted by molar-refractivity contribution is 1.02. The zero-order valence-electron chi connectivity index (χ0n) is 10.6. The van der Waals surface area contributed by atoms with Gasteiger partial charge in [0.2, 0.25) is 5.95 Å². The van der Waals surface area contributed by atoms with Gasteiger partial charge in [-0.3, -0.25) is 4.57 Å². The van der Waals surface area contributed by atoms with Crippen LogP contribution in [0.1, 0.15) is 11.3 Å². The molecule has 0 radical (unpaired) electrons. The maximum Gasteiger partial charge on any atom is 0.207 e. The van der Waals surface area contributed by atoms with Crippen molar-refractivity contribution < 1.29 is 0 Å². The summed E-state index contributed by atoms with van der Waals surface area (Å²) >= 11 is 3.48. The molecule has 0 saturated heterocycles. The number of aromatic nitrogens is 2. The quantitative estimate of drug-likeness (QED) is 0.870. The minimum absolute atomic E-state index is 0.700. The number of hydrogen-bond donors (Lipinski definition) is 1. The lowest BCUT2D eigenvalue weighted by Gasteiger charge is -2.11. The van der Waals surface area contributed by atoms with E-state index in [1.807, 2.05) is 25.3 Å². The van der Waals surface area contributed by atoms with Crippen LogP contribution < -0.4 is 5.32 Å². The first kappa shape index (κ1) is 12.9. The summed E-state index contributed by atoms with van der Waals surface area (Å²) in [5, 5.41) is 3.25. The smallest absolute Gasteiger partial charge is 0.207 e. The molecule has 2 aromatic rings. The summed E-state index contributed by atoms with van der Waals surface area (Å²) < 4.78 is 3.15. The highest BCUT2D eigenvalue weighted by Crippen LogP contribution is 2.23. The zero-order chi connectivity index (χ0) is 13.1. The van der Waals surface area contributed by atoms with E-state index in [1.54, 1.807) is 0 Å². The molecule has 0 fully saturated rings. The number of imidazole rings is 1. The number of nitrogens with zero attached hydrogens (tertiary/aromatic N) is 2. The second-order valence-corrected chi connectivity index (χ2v) is 5.09. The van der Waals surface area contributed by atoms with Gasteiger partial charge >= 0.3 is 0 Å². The van der Waals surface area contributed by atoms with E-state index in [4.69, 9.17) is 0 Å². The molecule has 4 heteroatoms. The van der Waals surface area contributed by atoms with Crippen molar-refractivity contribution in [3.8, 4) is 5.69 Å². The molecule has 0 amide bonds. The van der Waals surface area contributed by atoms with Gasteiger partial charge in [0.25, 0.3) is 0 Å². The van der Waals surface area contributed by atoms with Crippen LogP contribution in [0.3, 0.4) is 0 Å². The number of rotatable bonds is 4. The van der Waals surface area contributed by atoms with Crippen LogP contribution in [0.25, 0.3) is 5.69 Å². The van der Waals surface area contributed by atoms with Gasteiger partial charge in [-0.2, -0.15) is 0 Å². The number of nitrogens with one attached hydrogen (secondary N) is 1. The van der Waals surface area contributed by atoms with E-state index in [0.717, 1.165) is 21.8 Å². The molecule has 0 unspecified atom stereocenters. The summed E-state index contributed by atoms with van der Waals surface area (Å²) in [5.41, 5.74) is 3.32. The third kappa shape index (κ3) is 2.64. The molecular formula is C14H16BrN3. The molecule has 1 aromatic carbocycles. The zero-order valence-corrected chi connectivity index (χ0v) is 12.2. The average molecular weight is 306 g/mol. The number of benzene rings is 1. The van der Waals surface area contributed by atoms with E-state index < -0.39 is 0 Å². The monoisotopic (exact) mass is 305 g/mol. The van der Waals surface area contributed by atoms with E-state index in [-0.39, 0.29) is 0 Å². The molecule has 0 atom stereocenters. The van der Waals surface area contributed by atoms with Crippen LogP contribution in [0.4, 0.5) is 5.95 Å². The third-order valence-electron chi connectivity index (χ3n) is 2.65. The molecule has 3 nitrogen and oxygen atoms in total. The summed E-state index contributed by atoms with van der Waals surface area (Å²) in [5.74, 6) is 0.845. The normalized spacial score (nSPS) is 10.4. The highest BCUT2D eigenvalue weighted by Gasteiger charge is 2.08. The Morgan fingerprint density at radius 1 is 1.44 bits per heavy atom. The van der Waals surface area contributed by atoms with Crippen molar-refractivity contribution in [1.82, 2.24) is 9.55 Å². The molecule has 2 rings (SSSR count). The molecule has 0 bridgehead atoms. The summed E-state index contributed by atoms with van der Waals surface area (Å²) in [6.07, 6.45) is 3.85. The van der Waals surface area contributed by atoms with Crippen molar-refractivity contribution in [2.75, 3.05) is 11.9 Å². The number of hydrogen-bond acceptors (Lipinski definition) is 2. The maximum atomic E-state index is 4.48. The first-order valence-corrected chi connectivity index (χ1v) is 6.58. The fourth-order valence-electron chi connectivity index (χ4n) is 1.86. The van der Waals surface area contributed by atoms with E-state index in [0.29, 0.717) is 6.54 Å². The number of halogens is 1. The van der Waals surface area contributed by atoms with Gasteiger partial charge in [0, 0.05) is 17.2 Å². The molecular weight excluding hydrogens is 290 g/mol. The Morgan fingerprint density at radius 3 is 2.89 bits per heavy atom. The number of anilines is 1. The minimum Gasteiger partial charge on any atom is -0.352 e. The Morgan fingerprint density at radius 2 is 2.22 bits per heavy atom. The van der Waals surface area contributed by atoms with Crippen molar-refractivity contribution in [2.24, 2.45) is 0 Å². The largest absolute Gasteiger partial charge is 0.352 e. The first-order valence-electron chi connectivity index (χ1n) is 5.79. The van der Waals surface area contributed by atoms with Crippen LogP contribution >= 0.6 is 15.9 Å². The lowest BCUT2D eigenvalue weighted by atomic mass is 10.2. The van der Waals surface area contributed by atoms with Crippen molar-refractivity contribution in [1.29, 1.82) is 0 Å². The van der Waals surface area contributed by atoms with Gasteiger partial charge in [-0.05, 0) is 37.6 Å². The molecule has 0 aliphatic rings.